The summed E-state index contributed by atoms with van der Waals surface area (Å²) in [6.07, 6.45) is 0.729. The van der Waals surface area contributed by atoms with Crippen LogP contribution in [0.1, 0.15) is 12.8 Å². The molecule has 21 heavy (non-hydrogen) atoms. The summed E-state index contributed by atoms with van der Waals surface area (Å²) in [6.45, 7) is 0.813. The molecule has 1 fully saturated rings. The number of sulfone groups is 1. The Hall–Kier alpha value is -0.820. The second-order valence-corrected chi connectivity index (χ2v) is 8.05. The van der Waals surface area contributed by atoms with E-state index in [1.807, 2.05) is 0 Å². The van der Waals surface area contributed by atoms with E-state index in [0.29, 0.717) is 30.3 Å². The highest BCUT2D eigenvalue weighted by atomic mass is 35.5. The summed E-state index contributed by atoms with van der Waals surface area (Å²) >= 11 is 5.83. The zero-order valence-electron chi connectivity index (χ0n) is 11.7. The molecule has 0 spiro atoms. The Bertz CT molecular complexity index is 564. The Labute approximate surface area is 130 Å². The van der Waals surface area contributed by atoms with Gasteiger partial charge in [0.25, 0.3) is 0 Å². The van der Waals surface area contributed by atoms with Crippen molar-refractivity contribution in [2.75, 3.05) is 25.4 Å². The van der Waals surface area contributed by atoms with Crippen molar-refractivity contribution in [2.45, 2.75) is 24.2 Å². The molecule has 1 aliphatic heterocycles. The Morgan fingerprint density at radius 3 is 2.95 bits per heavy atom. The summed E-state index contributed by atoms with van der Waals surface area (Å²) in [7, 11) is -2.94. The Balaban J connectivity index is 1.67. The zero-order valence-corrected chi connectivity index (χ0v) is 13.2. The molecule has 1 aliphatic rings. The topological polar surface area (TPSA) is 75.6 Å². The molecule has 2 atom stereocenters. The van der Waals surface area contributed by atoms with E-state index in [4.69, 9.17) is 16.3 Å². The van der Waals surface area contributed by atoms with Crippen LogP contribution >= 0.6 is 11.6 Å². The predicted molar refractivity (Wildman–Crippen MR) is 82.6 cm³/mol. The van der Waals surface area contributed by atoms with Gasteiger partial charge >= 0.3 is 0 Å². The van der Waals surface area contributed by atoms with Crippen LogP contribution in [-0.4, -0.2) is 50.3 Å². The molecule has 1 saturated heterocycles. The molecule has 5 nitrogen and oxygen atoms in total. The van der Waals surface area contributed by atoms with Gasteiger partial charge in [-0.3, -0.25) is 0 Å². The number of hydrogen-bond acceptors (Lipinski definition) is 5. The summed E-state index contributed by atoms with van der Waals surface area (Å²) < 4.78 is 28.7. The van der Waals surface area contributed by atoms with Crippen LogP contribution in [0.15, 0.2) is 24.3 Å². The molecule has 2 unspecified atom stereocenters. The lowest BCUT2D eigenvalue weighted by Crippen LogP contribution is -2.37. The molecule has 0 aromatic heterocycles. The molecule has 1 aromatic carbocycles. The third kappa shape index (κ3) is 5.14. The van der Waals surface area contributed by atoms with Crippen molar-refractivity contribution >= 4 is 21.4 Å². The van der Waals surface area contributed by atoms with Gasteiger partial charge in [-0.15, -0.1) is 0 Å². The van der Waals surface area contributed by atoms with E-state index < -0.39 is 15.9 Å². The highest BCUT2D eigenvalue weighted by Gasteiger charge is 2.30. The maximum absolute atomic E-state index is 11.6. The van der Waals surface area contributed by atoms with E-state index >= 15 is 0 Å². The molecule has 2 rings (SSSR count). The smallest absolute Gasteiger partial charge is 0.154 e. The monoisotopic (exact) mass is 333 g/mol. The van der Waals surface area contributed by atoms with Gasteiger partial charge < -0.3 is 15.2 Å². The number of aliphatic hydroxyl groups excluding tert-OH is 1. The minimum absolute atomic E-state index is 0.130. The van der Waals surface area contributed by atoms with E-state index in [1.165, 1.54) is 0 Å². The number of rotatable bonds is 7. The molecule has 0 aliphatic carbocycles. The van der Waals surface area contributed by atoms with Crippen LogP contribution in [0.4, 0.5) is 0 Å². The van der Waals surface area contributed by atoms with Crippen LogP contribution in [0.2, 0.25) is 5.02 Å². The summed E-state index contributed by atoms with van der Waals surface area (Å²) in [4.78, 5) is 0. The lowest BCUT2D eigenvalue weighted by atomic mass is 10.2. The Kier molecular flexibility index (Phi) is 5.87. The SMILES string of the molecule is O=S1(=O)CCCC1CNCC(O)COc1cccc(Cl)c1. The van der Waals surface area contributed by atoms with Crippen molar-refractivity contribution < 1.29 is 18.3 Å². The van der Waals surface area contributed by atoms with Gasteiger partial charge in [0.1, 0.15) is 18.5 Å². The standard InChI is InChI=1S/C14H20ClNO4S/c15-11-3-1-4-13(7-11)20-10-12(17)8-16-9-14-5-2-6-21(14,18)19/h1,3-4,7,12,14,16-17H,2,5-6,8-10H2. The van der Waals surface area contributed by atoms with E-state index in [2.05, 4.69) is 5.32 Å². The number of benzene rings is 1. The predicted octanol–water partition coefficient (Wildman–Crippen LogP) is 1.25. The van der Waals surface area contributed by atoms with Crippen molar-refractivity contribution in [1.29, 1.82) is 0 Å². The van der Waals surface area contributed by atoms with Crippen LogP contribution in [0.25, 0.3) is 0 Å². The Morgan fingerprint density at radius 1 is 1.48 bits per heavy atom. The number of hydrogen-bond donors (Lipinski definition) is 2. The van der Waals surface area contributed by atoms with Crippen molar-refractivity contribution in [1.82, 2.24) is 5.32 Å². The third-order valence-electron chi connectivity index (χ3n) is 3.45. The first-order valence-corrected chi connectivity index (χ1v) is 9.05. The van der Waals surface area contributed by atoms with Gasteiger partial charge in [-0.05, 0) is 31.0 Å². The highest BCUT2D eigenvalue weighted by molar-refractivity contribution is 7.92. The molecule has 0 saturated carbocycles. The number of aliphatic hydroxyl groups is 1. The van der Waals surface area contributed by atoms with Crippen LogP contribution < -0.4 is 10.1 Å². The molecule has 0 amide bonds. The van der Waals surface area contributed by atoms with Gasteiger partial charge in [-0.2, -0.15) is 0 Å². The molecule has 0 bridgehead atoms. The van der Waals surface area contributed by atoms with Crippen molar-refractivity contribution in [3.05, 3.63) is 29.3 Å². The number of ether oxygens (including phenoxy) is 1. The quantitative estimate of drug-likeness (QED) is 0.785. The summed E-state index contributed by atoms with van der Waals surface area (Å²) in [6, 6.07) is 6.95. The van der Waals surface area contributed by atoms with Gasteiger partial charge in [0.2, 0.25) is 0 Å². The van der Waals surface area contributed by atoms with Crippen LogP contribution in [0.5, 0.6) is 5.75 Å². The summed E-state index contributed by atoms with van der Waals surface area (Å²) in [5.74, 6) is 0.875. The second-order valence-electron chi connectivity index (χ2n) is 5.21. The molecular formula is C14H20ClNO4S. The first-order chi connectivity index (χ1) is 9.97. The second kappa shape index (κ2) is 7.45. The molecule has 0 radical (unpaired) electrons. The van der Waals surface area contributed by atoms with E-state index in [-0.39, 0.29) is 17.6 Å². The molecule has 118 valence electrons. The van der Waals surface area contributed by atoms with E-state index in [9.17, 15) is 13.5 Å². The normalized spacial score (nSPS) is 22.1. The number of halogens is 1. The molecule has 1 aromatic rings. The van der Waals surface area contributed by atoms with Gasteiger partial charge in [-0.1, -0.05) is 17.7 Å². The minimum Gasteiger partial charge on any atom is -0.491 e. The zero-order chi connectivity index (χ0) is 15.3. The Morgan fingerprint density at radius 2 is 2.29 bits per heavy atom. The van der Waals surface area contributed by atoms with Crippen LogP contribution in [0.3, 0.4) is 0 Å². The fourth-order valence-electron chi connectivity index (χ4n) is 2.31. The van der Waals surface area contributed by atoms with Crippen LogP contribution in [0, 0.1) is 0 Å². The van der Waals surface area contributed by atoms with E-state index in [0.717, 1.165) is 6.42 Å². The average Bonchev–Trinajstić information content (AvgIpc) is 2.76. The maximum Gasteiger partial charge on any atom is 0.154 e. The lowest BCUT2D eigenvalue weighted by Gasteiger charge is -2.15. The van der Waals surface area contributed by atoms with E-state index in [1.54, 1.807) is 24.3 Å². The van der Waals surface area contributed by atoms with Crippen molar-refractivity contribution in [2.24, 2.45) is 0 Å². The van der Waals surface area contributed by atoms with Crippen molar-refractivity contribution in [3.63, 3.8) is 0 Å². The highest BCUT2D eigenvalue weighted by Crippen LogP contribution is 2.19. The average molecular weight is 334 g/mol. The largest absolute Gasteiger partial charge is 0.491 e. The maximum atomic E-state index is 11.6. The van der Waals surface area contributed by atoms with Gasteiger partial charge in [0.05, 0.1) is 11.0 Å². The molecule has 2 N–H and O–H groups in total. The fraction of sp³-hybridized carbons (Fsp3) is 0.571. The minimum atomic E-state index is -2.94. The van der Waals surface area contributed by atoms with Gasteiger partial charge in [-0.25, -0.2) is 8.42 Å². The summed E-state index contributed by atoms with van der Waals surface area (Å²) in [5, 5.41) is 13.1. The fourth-order valence-corrected chi connectivity index (χ4v) is 4.29. The molecular weight excluding hydrogens is 314 g/mol. The van der Waals surface area contributed by atoms with Crippen molar-refractivity contribution in [3.8, 4) is 5.75 Å². The third-order valence-corrected chi connectivity index (χ3v) is 5.96. The first-order valence-electron chi connectivity index (χ1n) is 6.96. The number of nitrogens with one attached hydrogen (secondary N) is 1. The van der Waals surface area contributed by atoms with Gasteiger partial charge in [0.15, 0.2) is 9.84 Å². The lowest BCUT2D eigenvalue weighted by molar-refractivity contribution is 0.106. The molecule has 1 heterocycles. The van der Waals surface area contributed by atoms with Crippen LogP contribution in [-0.2, 0) is 9.84 Å². The van der Waals surface area contributed by atoms with Gasteiger partial charge in [0, 0.05) is 18.1 Å². The summed E-state index contributed by atoms with van der Waals surface area (Å²) in [5.41, 5.74) is 0. The molecule has 7 heteroatoms. The first kappa shape index (κ1) is 16.5.